The van der Waals surface area contributed by atoms with Crippen LogP contribution in [-0.2, 0) is 16.0 Å². The highest BCUT2D eigenvalue weighted by molar-refractivity contribution is 8.00. The standard InChI is InChI=1S/C17H18N2O3S/c18-14(11-12-7-3-1-4-8-12)15(20)19-16(17(21)22)23-13-9-5-2-6-10-13/h1-10,14,16H,11,18H2,(H,19,20)(H,21,22). The molecule has 1 amide bonds. The van der Waals surface area contributed by atoms with Crippen LogP contribution in [0.2, 0.25) is 0 Å². The molecule has 120 valence electrons. The normalized spacial score (nSPS) is 13.1. The van der Waals surface area contributed by atoms with Gasteiger partial charge in [0.15, 0.2) is 5.37 Å². The molecule has 2 atom stereocenters. The number of carbonyl (C=O) groups is 2. The maximum Gasteiger partial charge on any atom is 0.337 e. The highest BCUT2D eigenvalue weighted by Gasteiger charge is 2.24. The number of thioether (sulfide) groups is 1. The van der Waals surface area contributed by atoms with Crippen molar-refractivity contribution in [3.8, 4) is 0 Å². The van der Waals surface area contributed by atoms with E-state index in [2.05, 4.69) is 5.32 Å². The van der Waals surface area contributed by atoms with Gasteiger partial charge >= 0.3 is 5.97 Å². The number of benzene rings is 2. The minimum atomic E-state index is -1.11. The molecule has 0 saturated carbocycles. The summed E-state index contributed by atoms with van der Waals surface area (Å²) in [6, 6.07) is 17.6. The predicted octanol–water partition coefficient (Wildman–Crippen LogP) is 1.88. The molecule has 2 aromatic carbocycles. The Bertz CT molecular complexity index is 649. The molecule has 0 heterocycles. The number of nitrogens with two attached hydrogens (primary N) is 1. The van der Waals surface area contributed by atoms with E-state index >= 15 is 0 Å². The summed E-state index contributed by atoms with van der Waals surface area (Å²) in [5, 5.41) is 10.7. The van der Waals surface area contributed by atoms with Crippen molar-refractivity contribution in [1.82, 2.24) is 5.32 Å². The van der Waals surface area contributed by atoms with Crippen molar-refractivity contribution in [2.75, 3.05) is 0 Å². The van der Waals surface area contributed by atoms with Crippen LogP contribution in [0.3, 0.4) is 0 Å². The quantitative estimate of drug-likeness (QED) is 0.532. The van der Waals surface area contributed by atoms with E-state index < -0.39 is 23.3 Å². The summed E-state index contributed by atoms with van der Waals surface area (Å²) in [6.45, 7) is 0. The molecule has 4 N–H and O–H groups in total. The number of hydrogen-bond acceptors (Lipinski definition) is 4. The van der Waals surface area contributed by atoms with Crippen molar-refractivity contribution in [2.45, 2.75) is 22.7 Å². The zero-order valence-corrected chi connectivity index (χ0v) is 13.2. The van der Waals surface area contributed by atoms with Crippen molar-refractivity contribution >= 4 is 23.6 Å². The minimum absolute atomic E-state index is 0.356. The number of nitrogens with one attached hydrogen (secondary N) is 1. The summed E-state index contributed by atoms with van der Waals surface area (Å²) in [7, 11) is 0. The molecular formula is C17H18N2O3S. The van der Waals surface area contributed by atoms with Gasteiger partial charge in [0.1, 0.15) is 0 Å². The molecule has 2 unspecified atom stereocenters. The van der Waals surface area contributed by atoms with Crippen molar-refractivity contribution in [1.29, 1.82) is 0 Å². The maximum absolute atomic E-state index is 12.1. The number of carboxylic acid groups (broad SMARTS) is 1. The topological polar surface area (TPSA) is 92.4 Å². The number of carboxylic acids is 1. The Morgan fingerprint density at radius 1 is 1.04 bits per heavy atom. The number of carbonyl (C=O) groups excluding carboxylic acids is 1. The molecule has 0 radical (unpaired) electrons. The van der Waals surface area contributed by atoms with Crippen molar-refractivity contribution in [3.63, 3.8) is 0 Å². The van der Waals surface area contributed by atoms with Gasteiger partial charge in [0, 0.05) is 4.90 Å². The highest BCUT2D eigenvalue weighted by atomic mass is 32.2. The van der Waals surface area contributed by atoms with Gasteiger partial charge in [-0.2, -0.15) is 0 Å². The third-order valence-electron chi connectivity index (χ3n) is 3.13. The molecule has 0 bridgehead atoms. The monoisotopic (exact) mass is 330 g/mol. The van der Waals surface area contributed by atoms with Gasteiger partial charge in [-0.3, -0.25) is 4.79 Å². The second-order valence-electron chi connectivity index (χ2n) is 4.95. The molecule has 0 aromatic heterocycles. The van der Waals surface area contributed by atoms with Crippen LogP contribution in [0.25, 0.3) is 0 Å². The van der Waals surface area contributed by atoms with Gasteiger partial charge in [-0.05, 0) is 24.1 Å². The molecule has 2 aromatic rings. The molecular weight excluding hydrogens is 312 g/mol. The smallest absolute Gasteiger partial charge is 0.337 e. The molecule has 2 rings (SSSR count). The van der Waals surface area contributed by atoms with Crippen LogP contribution in [0, 0.1) is 0 Å². The first-order valence-corrected chi connectivity index (χ1v) is 7.98. The van der Waals surface area contributed by atoms with Crippen LogP contribution in [0.15, 0.2) is 65.6 Å². The van der Waals surface area contributed by atoms with Crippen molar-refractivity contribution in [3.05, 3.63) is 66.2 Å². The lowest BCUT2D eigenvalue weighted by molar-refractivity contribution is -0.139. The zero-order chi connectivity index (χ0) is 16.7. The van der Waals surface area contributed by atoms with E-state index in [1.165, 1.54) is 0 Å². The zero-order valence-electron chi connectivity index (χ0n) is 12.4. The Morgan fingerprint density at radius 2 is 1.61 bits per heavy atom. The third-order valence-corrected chi connectivity index (χ3v) is 4.23. The van der Waals surface area contributed by atoms with Gasteiger partial charge in [-0.1, -0.05) is 60.3 Å². The molecule has 0 spiro atoms. The van der Waals surface area contributed by atoms with Gasteiger partial charge in [-0.15, -0.1) is 0 Å². The number of amides is 1. The largest absolute Gasteiger partial charge is 0.479 e. The van der Waals surface area contributed by atoms with Crippen LogP contribution >= 0.6 is 11.8 Å². The second-order valence-corrected chi connectivity index (χ2v) is 6.13. The fourth-order valence-corrected chi connectivity index (χ4v) is 2.84. The van der Waals surface area contributed by atoms with Crippen LogP contribution < -0.4 is 11.1 Å². The lowest BCUT2D eigenvalue weighted by Gasteiger charge is -2.17. The van der Waals surface area contributed by atoms with E-state index in [-0.39, 0.29) is 0 Å². The Morgan fingerprint density at radius 3 is 2.17 bits per heavy atom. The average molecular weight is 330 g/mol. The molecule has 0 saturated heterocycles. The summed E-state index contributed by atoms with van der Waals surface area (Å²) in [6.07, 6.45) is 0.356. The SMILES string of the molecule is NC(Cc1ccccc1)C(=O)NC(Sc1ccccc1)C(=O)O. The highest BCUT2D eigenvalue weighted by Crippen LogP contribution is 2.21. The first-order chi connectivity index (χ1) is 11.1. The first-order valence-electron chi connectivity index (χ1n) is 7.10. The number of rotatable bonds is 7. The second kappa shape index (κ2) is 8.36. The molecule has 23 heavy (non-hydrogen) atoms. The summed E-state index contributed by atoms with van der Waals surface area (Å²) in [5.74, 6) is -1.59. The summed E-state index contributed by atoms with van der Waals surface area (Å²) < 4.78 is 0. The summed E-state index contributed by atoms with van der Waals surface area (Å²) in [5.41, 5.74) is 6.81. The van der Waals surface area contributed by atoms with Crippen LogP contribution in [-0.4, -0.2) is 28.4 Å². The van der Waals surface area contributed by atoms with Crippen molar-refractivity contribution < 1.29 is 14.7 Å². The molecule has 0 aliphatic rings. The van der Waals surface area contributed by atoms with E-state index in [9.17, 15) is 14.7 Å². The maximum atomic E-state index is 12.1. The van der Waals surface area contributed by atoms with E-state index in [0.29, 0.717) is 6.42 Å². The predicted molar refractivity (Wildman–Crippen MR) is 90.0 cm³/mol. The van der Waals surface area contributed by atoms with Gasteiger partial charge in [0.2, 0.25) is 5.91 Å². The van der Waals surface area contributed by atoms with Gasteiger partial charge in [-0.25, -0.2) is 4.79 Å². The fourth-order valence-electron chi connectivity index (χ4n) is 1.97. The fraction of sp³-hybridized carbons (Fsp3) is 0.176. The molecule has 0 fully saturated rings. The molecule has 6 heteroatoms. The first kappa shape index (κ1) is 17.1. The van der Waals surface area contributed by atoms with E-state index in [1.807, 2.05) is 48.5 Å². The van der Waals surface area contributed by atoms with Crippen LogP contribution in [0.5, 0.6) is 0 Å². The molecule has 0 aliphatic carbocycles. The average Bonchev–Trinajstić information content (AvgIpc) is 2.56. The Balaban J connectivity index is 1.96. The van der Waals surface area contributed by atoms with E-state index in [4.69, 9.17) is 5.73 Å². The Labute approximate surface area is 138 Å². The number of hydrogen-bond donors (Lipinski definition) is 3. The third kappa shape index (κ3) is 5.43. The Kier molecular flexibility index (Phi) is 6.19. The summed E-state index contributed by atoms with van der Waals surface area (Å²) >= 11 is 1.06. The van der Waals surface area contributed by atoms with Crippen LogP contribution in [0.1, 0.15) is 5.56 Å². The van der Waals surface area contributed by atoms with Gasteiger partial charge in [0.25, 0.3) is 0 Å². The summed E-state index contributed by atoms with van der Waals surface area (Å²) in [4.78, 5) is 24.2. The van der Waals surface area contributed by atoms with Gasteiger partial charge < -0.3 is 16.2 Å². The van der Waals surface area contributed by atoms with E-state index in [0.717, 1.165) is 22.2 Å². The molecule has 0 aliphatic heterocycles. The Hall–Kier alpha value is -2.31. The van der Waals surface area contributed by atoms with E-state index in [1.54, 1.807) is 12.1 Å². The van der Waals surface area contributed by atoms with Crippen molar-refractivity contribution in [2.24, 2.45) is 5.73 Å². The number of aliphatic carboxylic acids is 1. The molecule has 5 nitrogen and oxygen atoms in total. The minimum Gasteiger partial charge on any atom is -0.479 e. The van der Waals surface area contributed by atoms with Gasteiger partial charge in [0.05, 0.1) is 6.04 Å². The lowest BCUT2D eigenvalue weighted by atomic mass is 10.1. The van der Waals surface area contributed by atoms with Crippen LogP contribution in [0.4, 0.5) is 0 Å². The lowest BCUT2D eigenvalue weighted by Crippen LogP contribution is -2.47.